The quantitative estimate of drug-likeness (QED) is 0.752. The van der Waals surface area contributed by atoms with E-state index in [0.717, 1.165) is 11.3 Å². The van der Waals surface area contributed by atoms with Crippen molar-refractivity contribution in [3.8, 4) is 5.69 Å². The number of rotatable bonds is 4. The van der Waals surface area contributed by atoms with Gasteiger partial charge in [-0.15, -0.1) is 0 Å². The summed E-state index contributed by atoms with van der Waals surface area (Å²) in [6.45, 7) is 0.297. The standard InChI is InChI=1S/C17H14ClFN4O/c18-15-10-14(6-7-16(15)23-9-1-8-21-23)22-17(24)20-11-12-2-4-13(19)5-3-12/h1-10H,11H2,(H2,20,22,24). The van der Waals surface area contributed by atoms with Gasteiger partial charge in [0.05, 0.1) is 10.7 Å². The first-order valence-electron chi connectivity index (χ1n) is 7.21. The molecule has 0 saturated heterocycles. The van der Waals surface area contributed by atoms with E-state index in [2.05, 4.69) is 15.7 Å². The second-order valence-corrected chi connectivity index (χ2v) is 5.46. The third-order valence-electron chi connectivity index (χ3n) is 3.32. The van der Waals surface area contributed by atoms with Gasteiger partial charge >= 0.3 is 6.03 Å². The van der Waals surface area contributed by atoms with E-state index in [0.29, 0.717) is 17.3 Å². The molecule has 0 fully saturated rings. The molecule has 2 N–H and O–H groups in total. The van der Waals surface area contributed by atoms with Crippen LogP contribution in [0.25, 0.3) is 5.69 Å². The number of urea groups is 1. The highest BCUT2D eigenvalue weighted by Gasteiger charge is 2.07. The van der Waals surface area contributed by atoms with Crippen molar-refractivity contribution in [3.05, 3.63) is 77.3 Å². The summed E-state index contributed by atoms with van der Waals surface area (Å²) in [5.74, 6) is -0.310. The van der Waals surface area contributed by atoms with Crippen LogP contribution < -0.4 is 10.6 Å². The second-order valence-electron chi connectivity index (χ2n) is 5.05. The number of benzene rings is 2. The lowest BCUT2D eigenvalue weighted by molar-refractivity contribution is 0.251. The Kier molecular flexibility index (Phi) is 4.77. The van der Waals surface area contributed by atoms with Gasteiger partial charge in [-0.1, -0.05) is 23.7 Å². The van der Waals surface area contributed by atoms with E-state index in [4.69, 9.17) is 11.6 Å². The summed E-state index contributed by atoms with van der Waals surface area (Å²) in [7, 11) is 0. The van der Waals surface area contributed by atoms with Crippen LogP contribution in [-0.2, 0) is 6.54 Å². The van der Waals surface area contributed by atoms with Crippen LogP contribution in [0.3, 0.4) is 0 Å². The molecular formula is C17H14ClFN4O. The van der Waals surface area contributed by atoms with E-state index in [1.54, 1.807) is 53.5 Å². The Hall–Kier alpha value is -2.86. The molecule has 7 heteroatoms. The molecule has 122 valence electrons. The Labute approximate surface area is 143 Å². The van der Waals surface area contributed by atoms with Crippen LogP contribution in [0.15, 0.2) is 60.9 Å². The molecule has 5 nitrogen and oxygen atoms in total. The highest BCUT2D eigenvalue weighted by atomic mass is 35.5. The minimum atomic E-state index is -0.373. The average molecular weight is 345 g/mol. The van der Waals surface area contributed by atoms with E-state index >= 15 is 0 Å². The Balaban J connectivity index is 1.60. The number of carbonyl (C=O) groups is 1. The maximum absolute atomic E-state index is 12.8. The predicted octanol–water partition coefficient (Wildman–Crippen LogP) is 3.99. The zero-order valence-corrected chi connectivity index (χ0v) is 13.3. The van der Waals surface area contributed by atoms with Gasteiger partial charge < -0.3 is 10.6 Å². The van der Waals surface area contributed by atoms with Crippen LogP contribution in [0, 0.1) is 5.82 Å². The first-order chi connectivity index (χ1) is 11.6. The Morgan fingerprint density at radius 1 is 1.21 bits per heavy atom. The number of aromatic nitrogens is 2. The zero-order chi connectivity index (χ0) is 16.9. The lowest BCUT2D eigenvalue weighted by atomic mass is 10.2. The van der Waals surface area contributed by atoms with E-state index < -0.39 is 0 Å². The van der Waals surface area contributed by atoms with Crippen LogP contribution in [-0.4, -0.2) is 15.8 Å². The normalized spacial score (nSPS) is 10.4. The van der Waals surface area contributed by atoms with Crippen molar-refractivity contribution in [1.82, 2.24) is 15.1 Å². The average Bonchev–Trinajstić information content (AvgIpc) is 3.09. The van der Waals surface area contributed by atoms with Gasteiger partial charge in [0.15, 0.2) is 0 Å². The van der Waals surface area contributed by atoms with E-state index in [1.165, 1.54) is 12.1 Å². The van der Waals surface area contributed by atoms with Gasteiger partial charge in [0.1, 0.15) is 5.82 Å². The van der Waals surface area contributed by atoms with Crippen molar-refractivity contribution >= 4 is 23.3 Å². The molecule has 0 unspecified atom stereocenters. The van der Waals surface area contributed by atoms with Crippen LogP contribution in [0.4, 0.5) is 14.9 Å². The fourth-order valence-corrected chi connectivity index (χ4v) is 2.41. The van der Waals surface area contributed by atoms with Gasteiger partial charge in [-0.25, -0.2) is 13.9 Å². The van der Waals surface area contributed by atoms with E-state index in [9.17, 15) is 9.18 Å². The van der Waals surface area contributed by atoms with Gasteiger partial charge in [0.25, 0.3) is 0 Å². The first kappa shape index (κ1) is 16.0. The molecule has 0 aliphatic carbocycles. The van der Waals surface area contributed by atoms with Crippen LogP contribution in [0.1, 0.15) is 5.56 Å². The molecule has 1 heterocycles. The van der Waals surface area contributed by atoms with Crippen LogP contribution in [0.2, 0.25) is 5.02 Å². The number of amides is 2. The summed E-state index contributed by atoms with van der Waals surface area (Å²) in [6.07, 6.45) is 3.44. The minimum Gasteiger partial charge on any atom is -0.334 e. The SMILES string of the molecule is O=C(NCc1ccc(F)cc1)Nc1ccc(-n2cccn2)c(Cl)c1. The first-order valence-corrected chi connectivity index (χ1v) is 7.58. The van der Waals surface area contributed by atoms with Gasteiger partial charge in [0.2, 0.25) is 0 Å². The van der Waals surface area contributed by atoms with Gasteiger partial charge in [-0.05, 0) is 42.0 Å². The number of carbonyl (C=O) groups excluding carboxylic acids is 1. The number of nitrogens with zero attached hydrogens (tertiary/aromatic N) is 2. The molecule has 2 amide bonds. The summed E-state index contributed by atoms with van der Waals surface area (Å²) in [5.41, 5.74) is 2.09. The second kappa shape index (κ2) is 7.14. The Bertz CT molecular complexity index is 834. The molecule has 24 heavy (non-hydrogen) atoms. The molecule has 3 rings (SSSR count). The summed E-state index contributed by atoms with van der Waals surface area (Å²) < 4.78 is 14.5. The fourth-order valence-electron chi connectivity index (χ4n) is 2.14. The maximum Gasteiger partial charge on any atom is 0.319 e. The molecule has 0 spiro atoms. The molecule has 3 aromatic rings. The largest absolute Gasteiger partial charge is 0.334 e. The third-order valence-corrected chi connectivity index (χ3v) is 3.63. The van der Waals surface area contributed by atoms with Crippen molar-refractivity contribution in [2.24, 2.45) is 0 Å². The van der Waals surface area contributed by atoms with Crippen molar-refractivity contribution in [2.45, 2.75) is 6.54 Å². The number of halogens is 2. The fraction of sp³-hybridized carbons (Fsp3) is 0.0588. The lowest BCUT2D eigenvalue weighted by Crippen LogP contribution is -2.28. The molecule has 0 bridgehead atoms. The number of hydrogen-bond acceptors (Lipinski definition) is 2. The zero-order valence-electron chi connectivity index (χ0n) is 12.5. The van der Waals surface area contributed by atoms with Crippen LogP contribution in [0.5, 0.6) is 0 Å². The molecule has 0 radical (unpaired) electrons. The van der Waals surface area contributed by atoms with Crippen molar-refractivity contribution in [3.63, 3.8) is 0 Å². The third kappa shape index (κ3) is 3.91. The van der Waals surface area contributed by atoms with Gasteiger partial charge in [-0.3, -0.25) is 0 Å². The molecular weight excluding hydrogens is 331 g/mol. The summed E-state index contributed by atoms with van der Waals surface area (Å²) in [6, 6.07) is 12.5. The molecule has 0 saturated carbocycles. The summed E-state index contributed by atoms with van der Waals surface area (Å²) in [4.78, 5) is 11.9. The van der Waals surface area contributed by atoms with E-state index in [1.807, 2.05) is 0 Å². The summed E-state index contributed by atoms with van der Waals surface area (Å²) >= 11 is 6.22. The van der Waals surface area contributed by atoms with E-state index in [-0.39, 0.29) is 11.8 Å². The monoisotopic (exact) mass is 344 g/mol. The molecule has 2 aromatic carbocycles. The number of hydrogen-bond donors (Lipinski definition) is 2. The molecule has 1 aromatic heterocycles. The van der Waals surface area contributed by atoms with Gasteiger partial charge in [0, 0.05) is 24.6 Å². The highest BCUT2D eigenvalue weighted by molar-refractivity contribution is 6.32. The van der Waals surface area contributed by atoms with Gasteiger partial charge in [-0.2, -0.15) is 5.10 Å². The van der Waals surface area contributed by atoms with Crippen molar-refractivity contribution in [2.75, 3.05) is 5.32 Å². The molecule has 0 aliphatic heterocycles. The topological polar surface area (TPSA) is 59.0 Å². The lowest BCUT2D eigenvalue weighted by Gasteiger charge is -2.10. The molecule has 0 aliphatic rings. The Morgan fingerprint density at radius 3 is 2.67 bits per heavy atom. The molecule has 0 atom stereocenters. The van der Waals surface area contributed by atoms with Crippen molar-refractivity contribution in [1.29, 1.82) is 0 Å². The Morgan fingerprint density at radius 2 is 2.00 bits per heavy atom. The summed E-state index contributed by atoms with van der Waals surface area (Å²) in [5, 5.41) is 9.97. The van der Waals surface area contributed by atoms with Crippen molar-refractivity contribution < 1.29 is 9.18 Å². The highest BCUT2D eigenvalue weighted by Crippen LogP contribution is 2.23. The van der Waals surface area contributed by atoms with Crippen LogP contribution >= 0.6 is 11.6 Å². The maximum atomic E-state index is 12.8. The predicted molar refractivity (Wildman–Crippen MR) is 90.8 cm³/mol. The number of anilines is 1. The number of nitrogens with one attached hydrogen (secondary N) is 2. The minimum absolute atomic E-state index is 0.297. The smallest absolute Gasteiger partial charge is 0.319 e.